The summed E-state index contributed by atoms with van der Waals surface area (Å²) in [6, 6.07) is -0.836. The van der Waals surface area contributed by atoms with Gasteiger partial charge in [0.15, 0.2) is 0 Å². The Morgan fingerprint density at radius 1 is 1.50 bits per heavy atom. The van der Waals surface area contributed by atoms with Crippen molar-refractivity contribution in [3.63, 3.8) is 0 Å². The Morgan fingerprint density at radius 2 is 2.25 bits per heavy atom. The smallest absolute Gasteiger partial charge is 0.326 e. The number of thioether (sulfide) groups is 1. The van der Waals surface area contributed by atoms with Crippen LogP contribution in [0, 0.1) is 5.92 Å². The predicted molar refractivity (Wildman–Crippen MR) is 79.9 cm³/mol. The zero-order chi connectivity index (χ0) is 15.0. The third-order valence-corrected chi connectivity index (χ3v) is 4.70. The van der Waals surface area contributed by atoms with Crippen LogP contribution >= 0.6 is 11.8 Å². The van der Waals surface area contributed by atoms with Crippen molar-refractivity contribution < 1.29 is 19.4 Å². The molecule has 1 heterocycles. The van der Waals surface area contributed by atoms with Gasteiger partial charge in [-0.15, -0.1) is 11.8 Å². The molecule has 3 atom stereocenters. The van der Waals surface area contributed by atoms with E-state index in [4.69, 9.17) is 4.74 Å². The van der Waals surface area contributed by atoms with Crippen LogP contribution < -0.4 is 5.32 Å². The van der Waals surface area contributed by atoms with E-state index in [2.05, 4.69) is 12.2 Å². The molecule has 0 aromatic rings. The Labute approximate surface area is 124 Å². The second-order valence-electron chi connectivity index (χ2n) is 5.17. The monoisotopic (exact) mass is 303 g/mol. The Hall–Kier alpha value is -0.750. The average molecular weight is 303 g/mol. The summed E-state index contributed by atoms with van der Waals surface area (Å²) in [5, 5.41) is 11.8. The Kier molecular flexibility index (Phi) is 7.99. The van der Waals surface area contributed by atoms with E-state index in [0.29, 0.717) is 13.2 Å². The number of ether oxygens (including phenoxy) is 1. The van der Waals surface area contributed by atoms with Crippen molar-refractivity contribution in [2.75, 3.05) is 19.0 Å². The summed E-state index contributed by atoms with van der Waals surface area (Å²) < 4.78 is 5.31. The van der Waals surface area contributed by atoms with Gasteiger partial charge in [-0.25, -0.2) is 4.79 Å². The first-order valence-corrected chi connectivity index (χ1v) is 8.33. The summed E-state index contributed by atoms with van der Waals surface area (Å²) in [6.45, 7) is 5.02. The number of carboxylic acid groups (broad SMARTS) is 1. The van der Waals surface area contributed by atoms with Crippen molar-refractivity contribution in [2.24, 2.45) is 5.92 Å². The summed E-state index contributed by atoms with van der Waals surface area (Å²) >= 11 is 1.57. The molecule has 0 aromatic heterocycles. The van der Waals surface area contributed by atoms with Gasteiger partial charge in [0.1, 0.15) is 6.04 Å². The number of carboxylic acids is 1. The molecule has 0 spiro atoms. The molecule has 2 N–H and O–H groups in total. The molecule has 0 saturated carbocycles. The maximum Gasteiger partial charge on any atom is 0.326 e. The molecule has 1 saturated heterocycles. The van der Waals surface area contributed by atoms with Crippen LogP contribution in [-0.2, 0) is 14.3 Å². The lowest BCUT2D eigenvalue weighted by molar-refractivity contribution is -0.145. The third-order valence-electron chi connectivity index (χ3n) is 3.47. The van der Waals surface area contributed by atoms with E-state index in [9.17, 15) is 14.7 Å². The fourth-order valence-electron chi connectivity index (χ4n) is 2.16. The van der Waals surface area contributed by atoms with Gasteiger partial charge in [0.2, 0.25) is 5.91 Å². The lowest BCUT2D eigenvalue weighted by Crippen LogP contribution is -2.50. The molecule has 0 radical (unpaired) electrons. The molecule has 6 heteroatoms. The van der Waals surface area contributed by atoms with E-state index in [0.717, 1.165) is 31.4 Å². The molecule has 5 nitrogen and oxygen atoms in total. The van der Waals surface area contributed by atoms with E-state index in [1.54, 1.807) is 11.8 Å². The van der Waals surface area contributed by atoms with Gasteiger partial charge in [0.25, 0.3) is 0 Å². The molecular formula is C14H25NO4S. The fourth-order valence-corrected chi connectivity index (χ4v) is 3.19. The lowest BCUT2D eigenvalue weighted by Gasteiger charge is -2.28. The number of amides is 1. The normalized spacial score (nSPS) is 22.0. The maximum atomic E-state index is 12.1. The van der Waals surface area contributed by atoms with Crippen LogP contribution in [0.3, 0.4) is 0 Å². The van der Waals surface area contributed by atoms with Crippen molar-refractivity contribution in [3.8, 4) is 0 Å². The zero-order valence-electron chi connectivity index (χ0n) is 12.3. The van der Waals surface area contributed by atoms with Gasteiger partial charge in [-0.3, -0.25) is 4.79 Å². The van der Waals surface area contributed by atoms with Crippen molar-refractivity contribution in [3.05, 3.63) is 0 Å². The van der Waals surface area contributed by atoms with Gasteiger partial charge in [-0.2, -0.15) is 0 Å². The van der Waals surface area contributed by atoms with E-state index >= 15 is 0 Å². The Bertz CT molecular complexity index is 318. The third kappa shape index (κ3) is 5.71. The number of rotatable bonds is 8. The summed E-state index contributed by atoms with van der Waals surface area (Å²) in [5.74, 6) is -0.364. The van der Waals surface area contributed by atoms with Crippen LogP contribution in [-0.4, -0.2) is 47.2 Å². The van der Waals surface area contributed by atoms with E-state index in [1.165, 1.54) is 0 Å². The first kappa shape index (κ1) is 17.3. The number of carbonyl (C=O) groups excluding carboxylic acids is 1. The number of unbranched alkanes of at least 4 members (excludes halogenated alkanes) is 1. The highest BCUT2D eigenvalue weighted by Gasteiger charge is 2.32. The minimum absolute atomic E-state index is 0.127. The second-order valence-corrected chi connectivity index (χ2v) is 6.62. The highest BCUT2D eigenvalue weighted by Crippen LogP contribution is 2.19. The summed E-state index contributed by atoms with van der Waals surface area (Å²) in [7, 11) is 0. The molecule has 0 aromatic carbocycles. The van der Waals surface area contributed by atoms with Gasteiger partial charge in [-0.1, -0.05) is 13.3 Å². The van der Waals surface area contributed by atoms with Gasteiger partial charge in [-0.05, 0) is 31.9 Å². The summed E-state index contributed by atoms with van der Waals surface area (Å²) in [4.78, 5) is 23.4. The van der Waals surface area contributed by atoms with E-state index in [1.807, 2.05) is 6.92 Å². The number of aliphatic carboxylic acids is 1. The largest absolute Gasteiger partial charge is 0.480 e. The van der Waals surface area contributed by atoms with Crippen molar-refractivity contribution in [1.82, 2.24) is 5.32 Å². The van der Waals surface area contributed by atoms with Crippen LogP contribution in [0.5, 0.6) is 0 Å². The Balaban J connectivity index is 2.47. The van der Waals surface area contributed by atoms with Gasteiger partial charge < -0.3 is 15.2 Å². The van der Waals surface area contributed by atoms with Gasteiger partial charge in [0.05, 0.1) is 11.9 Å². The highest BCUT2D eigenvalue weighted by molar-refractivity contribution is 8.00. The maximum absolute atomic E-state index is 12.1. The van der Waals surface area contributed by atoms with Crippen LogP contribution in [0.15, 0.2) is 0 Å². The topological polar surface area (TPSA) is 75.6 Å². The van der Waals surface area contributed by atoms with E-state index in [-0.39, 0.29) is 17.1 Å². The van der Waals surface area contributed by atoms with Crippen molar-refractivity contribution >= 4 is 23.6 Å². The predicted octanol–water partition coefficient (Wildman–Crippen LogP) is 1.90. The molecule has 0 aliphatic carbocycles. The molecule has 20 heavy (non-hydrogen) atoms. The molecule has 1 rings (SSSR count). The molecule has 0 bridgehead atoms. The molecule has 1 aliphatic heterocycles. The number of hydrogen-bond acceptors (Lipinski definition) is 4. The molecule has 1 fully saturated rings. The zero-order valence-corrected chi connectivity index (χ0v) is 13.1. The molecular weight excluding hydrogens is 278 g/mol. The van der Waals surface area contributed by atoms with Crippen LogP contribution in [0.4, 0.5) is 0 Å². The summed E-state index contributed by atoms with van der Waals surface area (Å²) in [6.07, 6.45) is 3.80. The number of carbonyl (C=O) groups is 2. The standard InChI is InChI=1S/C14H25NO4S/c1-3-4-8-20-10(2)13(16)15-12(14(17)18)11-6-5-7-19-9-11/h10-12H,3-9H2,1-2H3,(H,15,16)(H,17,18). The summed E-state index contributed by atoms with van der Waals surface area (Å²) in [5.41, 5.74) is 0. The van der Waals surface area contributed by atoms with Gasteiger partial charge >= 0.3 is 5.97 Å². The van der Waals surface area contributed by atoms with Crippen LogP contribution in [0.1, 0.15) is 39.5 Å². The molecule has 1 aliphatic rings. The first-order chi connectivity index (χ1) is 9.56. The minimum atomic E-state index is -0.973. The van der Waals surface area contributed by atoms with Crippen LogP contribution in [0.25, 0.3) is 0 Å². The number of hydrogen-bond donors (Lipinski definition) is 2. The SMILES string of the molecule is CCCCSC(C)C(=O)NC(C(=O)O)C1CCCOC1. The van der Waals surface area contributed by atoms with Crippen molar-refractivity contribution in [2.45, 2.75) is 50.8 Å². The molecule has 116 valence electrons. The van der Waals surface area contributed by atoms with Gasteiger partial charge in [0, 0.05) is 12.5 Å². The first-order valence-electron chi connectivity index (χ1n) is 7.28. The minimum Gasteiger partial charge on any atom is -0.480 e. The highest BCUT2D eigenvalue weighted by atomic mass is 32.2. The lowest BCUT2D eigenvalue weighted by atomic mass is 9.93. The second kappa shape index (κ2) is 9.23. The van der Waals surface area contributed by atoms with E-state index < -0.39 is 12.0 Å². The molecule has 3 unspecified atom stereocenters. The quantitative estimate of drug-likeness (QED) is 0.670. The fraction of sp³-hybridized carbons (Fsp3) is 0.857. The van der Waals surface area contributed by atoms with Crippen molar-refractivity contribution in [1.29, 1.82) is 0 Å². The number of nitrogens with one attached hydrogen (secondary N) is 1. The Morgan fingerprint density at radius 3 is 2.80 bits per heavy atom. The van der Waals surface area contributed by atoms with Crippen LogP contribution in [0.2, 0.25) is 0 Å². The molecule has 1 amide bonds. The average Bonchev–Trinajstić information content (AvgIpc) is 2.45.